The summed E-state index contributed by atoms with van der Waals surface area (Å²) in [5.74, 6) is 0.311. The highest BCUT2D eigenvalue weighted by atomic mass is 35.5. The zero-order valence-electron chi connectivity index (χ0n) is 15.5. The first kappa shape index (κ1) is 20.0. The van der Waals surface area contributed by atoms with Gasteiger partial charge in [-0.3, -0.25) is 9.69 Å². The highest BCUT2D eigenvalue weighted by Crippen LogP contribution is 2.32. The van der Waals surface area contributed by atoms with Crippen LogP contribution in [0.15, 0.2) is 42.6 Å². The van der Waals surface area contributed by atoms with Crippen LogP contribution in [0.5, 0.6) is 0 Å². The molecule has 2 atom stereocenters. The standard InChI is InChI=1S/C20H20ClF3N4O/c21-15-4-6-17(25-11-15)26-18-7-5-16-8-9-27(12-28(16)18)19(29)13-2-1-3-14(10-13)20(22,23)24/h1-4,6,10-11,16,18H,5,7-9,12H2,(H,25,26)/t16-,18-/m0/s1. The van der Waals surface area contributed by atoms with E-state index in [9.17, 15) is 18.0 Å². The van der Waals surface area contributed by atoms with Gasteiger partial charge in [-0.2, -0.15) is 13.2 Å². The molecule has 1 aromatic carbocycles. The predicted octanol–water partition coefficient (Wildman–Crippen LogP) is 4.46. The van der Waals surface area contributed by atoms with E-state index >= 15 is 0 Å². The molecule has 1 N–H and O–H groups in total. The number of hydrogen-bond acceptors (Lipinski definition) is 4. The van der Waals surface area contributed by atoms with Gasteiger partial charge in [0.05, 0.1) is 23.4 Å². The first-order valence-corrected chi connectivity index (χ1v) is 9.79. The Morgan fingerprint density at radius 3 is 2.72 bits per heavy atom. The number of anilines is 1. The summed E-state index contributed by atoms with van der Waals surface area (Å²) in [5.41, 5.74) is -0.755. The Labute approximate surface area is 171 Å². The van der Waals surface area contributed by atoms with Gasteiger partial charge in [0.2, 0.25) is 0 Å². The molecule has 0 saturated carbocycles. The second kappa shape index (κ2) is 7.84. The molecule has 4 rings (SSSR count). The predicted molar refractivity (Wildman–Crippen MR) is 103 cm³/mol. The molecule has 3 heterocycles. The van der Waals surface area contributed by atoms with Crippen molar-refractivity contribution in [3.63, 3.8) is 0 Å². The summed E-state index contributed by atoms with van der Waals surface area (Å²) >= 11 is 5.88. The Morgan fingerprint density at radius 1 is 1.17 bits per heavy atom. The molecule has 0 radical (unpaired) electrons. The van der Waals surface area contributed by atoms with E-state index in [1.807, 2.05) is 0 Å². The SMILES string of the molecule is O=C(c1cccc(C(F)(F)F)c1)N1CC[C@@H]2CC[C@@H](Nc3ccc(Cl)cn3)N2C1. The molecule has 0 spiro atoms. The number of nitrogens with one attached hydrogen (secondary N) is 1. The normalized spacial score (nSPS) is 22.4. The van der Waals surface area contributed by atoms with Gasteiger partial charge in [-0.05, 0) is 49.6 Å². The number of carbonyl (C=O) groups excluding carboxylic acids is 1. The zero-order chi connectivity index (χ0) is 20.6. The number of hydrogen-bond donors (Lipinski definition) is 1. The van der Waals surface area contributed by atoms with Crippen LogP contribution < -0.4 is 5.32 Å². The maximum Gasteiger partial charge on any atom is 0.416 e. The van der Waals surface area contributed by atoms with Crippen molar-refractivity contribution in [1.29, 1.82) is 0 Å². The molecule has 2 fully saturated rings. The second-order valence-electron chi connectivity index (χ2n) is 7.34. The lowest BCUT2D eigenvalue weighted by molar-refractivity contribution is -0.137. The quantitative estimate of drug-likeness (QED) is 0.790. The minimum Gasteiger partial charge on any atom is -0.354 e. The third kappa shape index (κ3) is 4.33. The molecule has 154 valence electrons. The smallest absolute Gasteiger partial charge is 0.354 e. The van der Waals surface area contributed by atoms with Gasteiger partial charge in [0, 0.05) is 24.3 Å². The molecule has 2 aromatic rings. The number of alkyl halides is 3. The van der Waals surface area contributed by atoms with E-state index in [0.29, 0.717) is 30.1 Å². The zero-order valence-corrected chi connectivity index (χ0v) is 16.2. The van der Waals surface area contributed by atoms with Gasteiger partial charge < -0.3 is 10.2 Å². The lowest BCUT2D eigenvalue weighted by atomic mass is 10.1. The summed E-state index contributed by atoms with van der Waals surface area (Å²) in [6, 6.07) is 8.49. The molecule has 0 aliphatic carbocycles. The number of aromatic nitrogens is 1. The third-order valence-electron chi connectivity index (χ3n) is 5.47. The third-order valence-corrected chi connectivity index (χ3v) is 5.70. The van der Waals surface area contributed by atoms with Crippen molar-refractivity contribution in [2.75, 3.05) is 18.5 Å². The monoisotopic (exact) mass is 424 g/mol. The van der Waals surface area contributed by atoms with E-state index in [1.54, 1.807) is 23.2 Å². The van der Waals surface area contributed by atoms with Crippen LogP contribution >= 0.6 is 11.6 Å². The van der Waals surface area contributed by atoms with Crippen molar-refractivity contribution >= 4 is 23.3 Å². The van der Waals surface area contributed by atoms with Crippen LogP contribution in [0.4, 0.5) is 19.0 Å². The molecule has 0 unspecified atom stereocenters. The maximum atomic E-state index is 13.0. The van der Waals surface area contributed by atoms with Crippen LogP contribution in [-0.2, 0) is 6.18 Å². The summed E-state index contributed by atoms with van der Waals surface area (Å²) in [6.07, 6.45) is -0.214. The fraction of sp³-hybridized carbons (Fsp3) is 0.400. The van der Waals surface area contributed by atoms with Crippen molar-refractivity contribution in [3.05, 3.63) is 58.7 Å². The number of nitrogens with zero attached hydrogens (tertiary/aromatic N) is 3. The van der Waals surface area contributed by atoms with E-state index in [0.717, 1.165) is 31.4 Å². The summed E-state index contributed by atoms with van der Waals surface area (Å²) in [4.78, 5) is 20.9. The van der Waals surface area contributed by atoms with E-state index in [1.165, 1.54) is 12.1 Å². The Hall–Kier alpha value is -2.32. The second-order valence-corrected chi connectivity index (χ2v) is 7.78. The van der Waals surface area contributed by atoms with Crippen molar-refractivity contribution in [2.45, 2.75) is 37.6 Å². The average molecular weight is 425 g/mol. The number of benzene rings is 1. The first-order valence-electron chi connectivity index (χ1n) is 9.41. The van der Waals surface area contributed by atoms with Gasteiger partial charge in [0.25, 0.3) is 5.91 Å². The molecular formula is C20H20ClF3N4O. The molecule has 5 nitrogen and oxygen atoms in total. The first-order chi connectivity index (χ1) is 13.8. The van der Waals surface area contributed by atoms with Gasteiger partial charge >= 0.3 is 6.18 Å². The van der Waals surface area contributed by atoms with Gasteiger partial charge in [-0.1, -0.05) is 17.7 Å². The van der Waals surface area contributed by atoms with Gasteiger partial charge in [-0.15, -0.1) is 0 Å². The van der Waals surface area contributed by atoms with Gasteiger partial charge in [0.15, 0.2) is 0 Å². The van der Waals surface area contributed by atoms with E-state index in [-0.39, 0.29) is 17.6 Å². The Kier molecular flexibility index (Phi) is 5.40. The number of fused-ring (bicyclic) bond motifs is 1. The largest absolute Gasteiger partial charge is 0.416 e. The summed E-state index contributed by atoms with van der Waals surface area (Å²) in [5, 5.41) is 3.92. The summed E-state index contributed by atoms with van der Waals surface area (Å²) in [7, 11) is 0. The lowest BCUT2D eigenvalue weighted by Crippen LogP contribution is -2.54. The number of carbonyl (C=O) groups is 1. The minimum atomic E-state index is -4.47. The van der Waals surface area contributed by atoms with Gasteiger partial charge in [0.1, 0.15) is 5.82 Å². The molecule has 2 aliphatic rings. The van der Waals surface area contributed by atoms with Gasteiger partial charge in [-0.25, -0.2) is 4.98 Å². The van der Waals surface area contributed by atoms with Crippen molar-refractivity contribution in [1.82, 2.24) is 14.8 Å². The Bertz CT molecular complexity index is 890. The molecule has 2 saturated heterocycles. The highest BCUT2D eigenvalue weighted by molar-refractivity contribution is 6.30. The van der Waals surface area contributed by atoms with Crippen molar-refractivity contribution in [2.24, 2.45) is 0 Å². The molecule has 9 heteroatoms. The topological polar surface area (TPSA) is 48.5 Å². The Morgan fingerprint density at radius 2 is 2.00 bits per heavy atom. The van der Waals surface area contributed by atoms with Crippen LogP contribution in [0.3, 0.4) is 0 Å². The molecule has 2 aliphatic heterocycles. The average Bonchev–Trinajstić information content (AvgIpc) is 3.10. The molecular weight excluding hydrogens is 405 g/mol. The molecule has 29 heavy (non-hydrogen) atoms. The number of rotatable bonds is 3. The number of amides is 1. The molecule has 0 bridgehead atoms. The van der Waals surface area contributed by atoms with E-state index in [4.69, 9.17) is 11.6 Å². The molecule has 1 amide bonds. The van der Waals surface area contributed by atoms with Crippen molar-refractivity contribution in [3.8, 4) is 0 Å². The molecule has 1 aromatic heterocycles. The van der Waals surface area contributed by atoms with Crippen LogP contribution in [0.25, 0.3) is 0 Å². The van der Waals surface area contributed by atoms with Crippen molar-refractivity contribution < 1.29 is 18.0 Å². The van der Waals surface area contributed by atoms with Crippen LogP contribution in [0, 0.1) is 0 Å². The Balaban J connectivity index is 1.47. The minimum absolute atomic E-state index is 0.00536. The van der Waals surface area contributed by atoms with E-state index < -0.39 is 11.7 Å². The fourth-order valence-corrected chi connectivity index (χ4v) is 4.11. The van der Waals surface area contributed by atoms with E-state index in [2.05, 4.69) is 15.2 Å². The van der Waals surface area contributed by atoms with Crippen LogP contribution in [-0.4, -0.2) is 46.1 Å². The maximum absolute atomic E-state index is 13.0. The number of pyridine rings is 1. The summed E-state index contributed by atoms with van der Waals surface area (Å²) in [6.45, 7) is 0.896. The van der Waals surface area contributed by atoms with Crippen LogP contribution in [0.1, 0.15) is 35.2 Å². The lowest BCUT2D eigenvalue weighted by Gasteiger charge is -2.40. The summed E-state index contributed by atoms with van der Waals surface area (Å²) < 4.78 is 38.9. The fourth-order valence-electron chi connectivity index (χ4n) is 4.00. The highest BCUT2D eigenvalue weighted by Gasteiger charge is 2.39. The number of halogens is 4. The van der Waals surface area contributed by atoms with Crippen LogP contribution in [0.2, 0.25) is 5.02 Å².